The Bertz CT molecular complexity index is 1050. The number of carbonyl (C=O) groups is 2. The Hall–Kier alpha value is -3.60. The van der Waals surface area contributed by atoms with E-state index in [-0.39, 0.29) is 17.7 Å². The third kappa shape index (κ3) is 5.72. The van der Waals surface area contributed by atoms with Gasteiger partial charge in [-0.15, -0.1) is 0 Å². The van der Waals surface area contributed by atoms with E-state index < -0.39 is 0 Å². The Balaban J connectivity index is 1.23. The van der Waals surface area contributed by atoms with Gasteiger partial charge in [0.05, 0.1) is 0 Å². The zero-order valence-corrected chi connectivity index (χ0v) is 17.3. The highest BCUT2D eigenvalue weighted by atomic mass is 16.5. The van der Waals surface area contributed by atoms with Gasteiger partial charge >= 0.3 is 0 Å². The number of para-hydroxylation sites is 2. The summed E-state index contributed by atoms with van der Waals surface area (Å²) in [4.78, 5) is 24.6. The maximum absolute atomic E-state index is 12.3. The lowest BCUT2D eigenvalue weighted by Gasteiger charge is -2.24. The number of hydrogen-bond acceptors (Lipinski definition) is 3. The van der Waals surface area contributed by atoms with Crippen LogP contribution in [0.2, 0.25) is 0 Å². The minimum atomic E-state index is -0.167. The van der Waals surface area contributed by atoms with Gasteiger partial charge in [0, 0.05) is 24.6 Å². The van der Waals surface area contributed by atoms with Crippen molar-refractivity contribution in [2.45, 2.75) is 32.4 Å². The van der Waals surface area contributed by atoms with Crippen molar-refractivity contribution in [1.29, 1.82) is 0 Å². The Labute approximate surface area is 182 Å². The molecule has 1 aliphatic rings. The van der Waals surface area contributed by atoms with Gasteiger partial charge in [0.1, 0.15) is 12.4 Å². The number of anilines is 1. The molecule has 4 rings (SSSR count). The average Bonchev–Trinajstić information content (AvgIpc) is 2.81. The number of ether oxygens (including phenoxy) is 1. The number of hydrogen-bond donors (Lipinski definition) is 2. The topological polar surface area (TPSA) is 67.4 Å². The largest absolute Gasteiger partial charge is 0.489 e. The molecule has 3 aromatic carbocycles. The number of benzene rings is 3. The maximum atomic E-state index is 12.3. The lowest BCUT2D eigenvalue weighted by Crippen LogP contribution is -2.31. The quantitative estimate of drug-likeness (QED) is 0.571. The molecule has 0 fully saturated rings. The molecule has 5 heteroatoms. The fraction of sp³-hybridized carbons (Fsp3) is 0.231. The Morgan fingerprint density at radius 2 is 1.74 bits per heavy atom. The van der Waals surface area contributed by atoms with Crippen LogP contribution in [-0.2, 0) is 29.2 Å². The standard InChI is InChI=1S/C26H26N2O3/c29-25(14-13-22-16-21-9-4-5-12-24(21)28-26(22)30)27-17-19-7-6-8-20(15-19)18-31-23-10-2-1-3-11-23/h1-12,15,22H,13-14,16-18H2,(H,27,29)(H,28,30). The van der Waals surface area contributed by atoms with Crippen LogP contribution in [0.5, 0.6) is 5.75 Å². The van der Waals surface area contributed by atoms with Crippen molar-refractivity contribution in [2.24, 2.45) is 5.92 Å². The van der Waals surface area contributed by atoms with Gasteiger partial charge in [0.2, 0.25) is 11.8 Å². The van der Waals surface area contributed by atoms with Crippen molar-refractivity contribution in [2.75, 3.05) is 5.32 Å². The molecule has 0 saturated heterocycles. The zero-order valence-electron chi connectivity index (χ0n) is 17.3. The van der Waals surface area contributed by atoms with Crippen LogP contribution in [0.15, 0.2) is 78.9 Å². The van der Waals surface area contributed by atoms with Crippen molar-refractivity contribution in [3.05, 3.63) is 95.6 Å². The van der Waals surface area contributed by atoms with E-state index in [4.69, 9.17) is 4.74 Å². The van der Waals surface area contributed by atoms with Crippen molar-refractivity contribution in [1.82, 2.24) is 5.32 Å². The third-order valence-electron chi connectivity index (χ3n) is 5.46. The molecule has 0 bridgehead atoms. The number of amides is 2. The summed E-state index contributed by atoms with van der Waals surface area (Å²) >= 11 is 0. The number of rotatable bonds is 8. The minimum absolute atomic E-state index is 0.00221. The monoisotopic (exact) mass is 414 g/mol. The smallest absolute Gasteiger partial charge is 0.227 e. The number of nitrogens with one attached hydrogen (secondary N) is 2. The van der Waals surface area contributed by atoms with Crippen LogP contribution in [0.25, 0.3) is 0 Å². The first kappa shape index (κ1) is 20.7. The highest BCUT2D eigenvalue weighted by molar-refractivity contribution is 5.96. The molecule has 31 heavy (non-hydrogen) atoms. The van der Waals surface area contributed by atoms with Gasteiger partial charge < -0.3 is 15.4 Å². The summed E-state index contributed by atoms with van der Waals surface area (Å²) in [6.07, 6.45) is 1.55. The van der Waals surface area contributed by atoms with Crippen LogP contribution in [0.1, 0.15) is 29.5 Å². The van der Waals surface area contributed by atoms with Crippen molar-refractivity contribution in [3.8, 4) is 5.75 Å². The van der Waals surface area contributed by atoms with Gasteiger partial charge in [0.15, 0.2) is 0 Å². The molecular formula is C26H26N2O3. The molecule has 5 nitrogen and oxygen atoms in total. The molecule has 2 N–H and O–H groups in total. The van der Waals surface area contributed by atoms with E-state index in [0.29, 0.717) is 32.4 Å². The average molecular weight is 415 g/mol. The summed E-state index contributed by atoms with van der Waals surface area (Å²) in [6.45, 7) is 0.932. The first-order valence-corrected chi connectivity index (χ1v) is 10.6. The molecule has 1 heterocycles. The summed E-state index contributed by atoms with van der Waals surface area (Å²) in [6, 6.07) is 25.5. The first-order valence-electron chi connectivity index (χ1n) is 10.6. The molecule has 3 aromatic rings. The summed E-state index contributed by atoms with van der Waals surface area (Å²) in [5, 5.41) is 5.90. The van der Waals surface area contributed by atoms with Gasteiger partial charge in [-0.2, -0.15) is 0 Å². The number of fused-ring (bicyclic) bond motifs is 1. The third-order valence-corrected chi connectivity index (χ3v) is 5.46. The fourth-order valence-electron chi connectivity index (χ4n) is 3.75. The highest BCUT2D eigenvalue weighted by Crippen LogP contribution is 2.27. The SMILES string of the molecule is O=C(CCC1Cc2ccccc2NC1=O)NCc1cccc(COc2ccccc2)c1. The van der Waals surface area contributed by atoms with Crippen molar-refractivity contribution in [3.63, 3.8) is 0 Å². The van der Waals surface area contributed by atoms with Crippen molar-refractivity contribution < 1.29 is 14.3 Å². The van der Waals surface area contributed by atoms with E-state index in [1.807, 2.05) is 78.9 Å². The normalized spacial score (nSPS) is 15.0. The molecule has 0 aliphatic carbocycles. The van der Waals surface area contributed by atoms with Gasteiger partial charge in [-0.3, -0.25) is 9.59 Å². The van der Waals surface area contributed by atoms with Gasteiger partial charge in [-0.1, -0.05) is 60.7 Å². The van der Waals surface area contributed by atoms with Crippen LogP contribution >= 0.6 is 0 Å². The van der Waals surface area contributed by atoms with Crippen LogP contribution in [0, 0.1) is 5.92 Å². The van der Waals surface area contributed by atoms with E-state index >= 15 is 0 Å². The van der Waals surface area contributed by atoms with Crippen molar-refractivity contribution >= 4 is 17.5 Å². The molecule has 2 amide bonds. The second-order valence-electron chi connectivity index (χ2n) is 7.78. The lowest BCUT2D eigenvalue weighted by atomic mass is 9.89. The molecule has 0 saturated carbocycles. The van der Waals surface area contributed by atoms with Crippen LogP contribution in [0.4, 0.5) is 5.69 Å². The van der Waals surface area contributed by atoms with E-state index in [9.17, 15) is 9.59 Å². The second-order valence-corrected chi connectivity index (χ2v) is 7.78. The maximum Gasteiger partial charge on any atom is 0.227 e. The summed E-state index contributed by atoms with van der Waals surface area (Å²) in [5.74, 6) is 0.616. The van der Waals surface area contributed by atoms with E-state index in [1.54, 1.807) is 0 Å². The van der Waals surface area contributed by atoms with Gasteiger partial charge in [-0.25, -0.2) is 0 Å². The fourth-order valence-corrected chi connectivity index (χ4v) is 3.75. The molecular weight excluding hydrogens is 388 g/mol. The molecule has 0 aromatic heterocycles. The Morgan fingerprint density at radius 1 is 0.968 bits per heavy atom. The van der Waals surface area contributed by atoms with Crippen LogP contribution < -0.4 is 15.4 Å². The summed E-state index contributed by atoms with van der Waals surface area (Å²) in [5.41, 5.74) is 4.08. The van der Waals surface area contributed by atoms with E-state index in [0.717, 1.165) is 28.1 Å². The number of carbonyl (C=O) groups excluding carboxylic acids is 2. The van der Waals surface area contributed by atoms with Gasteiger partial charge in [0.25, 0.3) is 0 Å². The molecule has 1 atom stereocenters. The molecule has 1 aliphatic heterocycles. The van der Waals surface area contributed by atoms with E-state index in [2.05, 4.69) is 10.6 Å². The van der Waals surface area contributed by atoms with E-state index in [1.165, 1.54) is 0 Å². The first-order chi connectivity index (χ1) is 15.2. The zero-order chi connectivity index (χ0) is 21.5. The predicted molar refractivity (Wildman–Crippen MR) is 121 cm³/mol. The minimum Gasteiger partial charge on any atom is -0.489 e. The van der Waals surface area contributed by atoms with Crippen LogP contribution in [-0.4, -0.2) is 11.8 Å². The molecule has 1 unspecified atom stereocenters. The molecule has 0 spiro atoms. The summed E-state index contributed by atoms with van der Waals surface area (Å²) < 4.78 is 5.79. The second kappa shape index (κ2) is 9.94. The Kier molecular flexibility index (Phi) is 6.62. The molecule has 0 radical (unpaired) electrons. The molecule has 158 valence electrons. The summed E-state index contributed by atoms with van der Waals surface area (Å²) in [7, 11) is 0. The lowest BCUT2D eigenvalue weighted by molar-refractivity contribution is -0.122. The highest BCUT2D eigenvalue weighted by Gasteiger charge is 2.26. The van der Waals surface area contributed by atoms with Crippen LogP contribution in [0.3, 0.4) is 0 Å². The Morgan fingerprint density at radius 3 is 2.61 bits per heavy atom. The van der Waals surface area contributed by atoms with Gasteiger partial charge in [-0.05, 0) is 47.7 Å². The predicted octanol–water partition coefficient (Wildman–Crippen LogP) is 4.47.